The second-order valence-corrected chi connectivity index (χ2v) is 6.32. The van der Waals surface area contributed by atoms with Crippen molar-refractivity contribution in [1.29, 1.82) is 0 Å². The third kappa shape index (κ3) is 3.66. The molecule has 7 nitrogen and oxygen atoms in total. The van der Waals surface area contributed by atoms with E-state index in [1.165, 1.54) is 4.52 Å². The van der Waals surface area contributed by atoms with Crippen molar-refractivity contribution >= 4 is 11.6 Å². The molecule has 0 saturated heterocycles. The smallest absolute Gasteiger partial charge is 0.363 e. The van der Waals surface area contributed by atoms with E-state index in [0.717, 1.165) is 23.5 Å². The fraction of sp³-hybridized carbons (Fsp3) is 0.222. The summed E-state index contributed by atoms with van der Waals surface area (Å²) < 4.78 is 42.4. The maximum absolute atomic E-state index is 13.1. The number of aromatic nitrogens is 6. The van der Waals surface area contributed by atoms with Gasteiger partial charge in [0.05, 0.1) is 18.8 Å². The number of nitrogens with one attached hydrogen (secondary N) is 1. The van der Waals surface area contributed by atoms with Crippen molar-refractivity contribution < 1.29 is 13.2 Å². The molecule has 0 amide bonds. The summed E-state index contributed by atoms with van der Waals surface area (Å²) in [5.74, 6) is 0.0300. The second kappa shape index (κ2) is 6.95. The SMILES string of the molecule is CC(Nc1cc(C(F)(F)F)nc2ncnn12)c1cnn(Cc2ccccc2)c1. The molecule has 1 unspecified atom stereocenters. The van der Waals surface area contributed by atoms with Gasteiger partial charge in [-0.15, -0.1) is 0 Å². The summed E-state index contributed by atoms with van der Waals surface area (Å²) in [5.41, 5.74) is 0.906. The first-order valence-corrected chi connectivity index (χ1v) is 8.51. The zero-order valence-electron chi connectivity index (χ0n) is 14.8. The molecule has 3 heterocycles. The van der Waals surface area contributed by atoms with Crippen LogP contribution in [0.5, 0.6) is 0 Å². The van der Waals surface area contributed by atoms with Crippen LogP contribution in [0.4, 0.5) is 19.0 Å². The Balaban J connectivity index is 1.57. The predicted octanol–water partition coefficient (Wildman–Crippen LogP) is 3.56. The normalized spacial score (nSPS) is 13.0. The minimum Gasteiger partial charge on any atom is -0.363 e. The molecule has 4 rings (SSSR count). The van der Waals surface area contributed by atoms with Gasteiger partial charge in [-0.2, -0.15) is 32.9 Å². The summed E-state index contributed by atoms with van der Waals surface area (Å²) in [6.45, 7) is 2.44. The summed E-state index contributed by atoms with van der Waals surface area (Å²) in [4.78, 5) is 7.27. The van der Waals surface area contributed by atoms with E-state index in [1.807, 2.05) is 43.5 Å². The molecule has 0 aliphatic heterocycles. The molecule has 1 atom stereocenters. The van der Waals surface area contributed by atoms with E-state index in [1.54, 1.807) is 10.9 Å². The van der Waals surface area contributed by atoms with Crippen LogP contribution in [0.2, 0.25) is 0 Å². The monoisotopic (exact) mass is 387 g/mol. The summed E-state index contributed by atoms with van der Waals surface area (Å²) in [6.07, 6.45) is 0.129. The van der Waals surface area contributed by atoms with E-state index in [0.29, 0.717) is 6.54 Å². The predicted molar refractivity (Wildman–Crippen MR) is 95.6 cm³/mol. The molecule has 0 bridgehead atoms. The lowest BCUT2D eigenvalue weighted by Gasteiger charge is -2.16. The Morgan fingerprint density at radius 1 is 1.14 bits per heavy atom. The van der Waals surface area contributed by atoms with Crippen molar-refractivity contribution in [2.24, 2.45) is 0 Å². The minimum atomic E-state index is -4.58. The van der Waals surface area contributed by atoms with Gasteiger partial charge < -0.3 is 5.32 Å². The number of halogens is 3. The van der Waals surface area contributed by atoms with E-state index in [4.69, 9.17) is 0 Å². The molecule has 3 aromatic heterocycles. The van der Waals surface area contributed by atoms with E-state index in [-0.39, 0.29) is 17.6 Å². The van der Waals surface area contributed by atoms with Gasteiger partial charge in [0.25, 0.3) is 5.78 Å². The van der Waals surface area contributed by atoms with Gasteiger partial charge in [0.2, 0.25) is 0 Å². The molecular formula is C18H16F3N7. The fourth-order valence-corrected chi connectivity index (χ4v) is 2.83. The summed E-state index contributed by atoms with van der Waals surface area (Å²) in [5, 5.41) is 11.3. The number of fused-ring (bicyclic) bond motifs is 1. The molecule has 0 aliphatic rings. The van der Waals surface area contributed by atoms with Crippen LogP contribution in [0.25, 0.3) is 5.78 Å². The van der Waals surface area contributed by atoms with E-state index in [9.17, 15) is 13.2 Å². The Bertz CT molecular complexity index is 1090. The molecule has 0 spiro atoms. The molecule has 0 fully saturated rings. The lowest BCUT2D eigenvalue weighted by atomic mass is 10.2. The van der Waals surface area contributed by atoms with E-state index < -0.39 is 11.9 Å². The summed E-state index contributed by atoms with van der Waals surface area (Å²) >= 11 is 0. The number of anilines is 1. The number of rotatable bonds is 5. The third-order valence-corrected chi connectivity index (χ3v) is 4.25. The molecule has 1 aromatic carbocycles. The van der Waals surface area contributed by atoms with Crippen LogP contribution in [0.3, 0.4) is 0 Å². The first kappa shape index (κ1) is 18.0. The van der Waals surface area contributed by atoms with Gasteiger partial charge in [-0.3, -0.25) is 4.68 Å². The Labute approximate surface area is 157 Å². The van der Waals surface area contributed by atoms with Crippen molar-refractivity contribution in [2.45, 2.75) is 25.7 Å². The van der Waals surface area contributed by atoms with E-state index >= 15 is 0 Å². The van der Waals surface area contributed by atoms with Gasteiger partial charge in [-0.1, -0.05) is 30.3 Å². The molecule has 1 N–H and O–H groups in total. The lowest BCUT2D eigenvalue weighted by Crippen LogP contribution is -2.15. The zero-order valence-corrected chi connectivity index (χ0v) is 14.8. The highest BCUT2D eigenvalue weighted by Crippen LogP contribution is 2.30. The van der Waals surface area contributed by atoms with Crippen molar-refractivity contribution in [3.8, 4) is 0 Å². The minimum absolute atomic E-state index is 0.121. The van der Waals surface area contributed by atoms with Crippen molar-refractivity contribution in [2.75, 3.05) is 5.32 Å². The standard InChI is InChI=1S/C18H16F3N7/c1-12(14-8-23-27(10-14)9-13-5-3-2-4-6-13)25-16-7-15(18(19,20)21)26-17-22-11-24-28(16)17/h2-8,10-12,25H,9H2,1H3. The first-order chi connectivity index (χ1) is 13.4. The molecular weight excluding hydrogens is 371 g/mol. The van der Waals surface area contributed by atoms with Gasteiger partial charge in [0, 0.05) is 17.8 Å². The topological polar surface area (TPSA) is 72.9 Å². The van der Waals surface area contributed by atoms with Crippen LogP contribution in [-0.2, 0) is 12.7 Å². The molecule has 0 radical (unpaired) electrons. The lowest BCUT2D eigenvalue weighted by molar-refractivity contribution is -0.141. The Morgan fingerprint density at radius 3 is 2.68 bits per heavy atom. The van der Waals surface area contributed by atoms with Crippen LogP contribution < -0.4 is 5.32 Å². The Morgan fingerprint density at radius 2 is 1.93 bits per heavy atom. The average Bonchev–Trinajstić information content (AvgIpc) is 3.31. The zero-order chi connectivity index (χ0) is 19.7. The van der Waals surface area contributed by atoms with Gasteiger partial charge in [0.15, 0.2) is 5.69 Å². The van der Waals surface area contributed by atoms with Gasteiger partial charge in [-0.05, 0) is 12.5 Å². The van der Waals surface area contributed by atoms with E-state index in [2.05, 4.69) is 25.5 Å². The van der Waals surface area contributed by atoms with Crippen LogP contribution in [0.1, 0.15) is 29.8 Å². The van der Waals surface area contributed by atoms with Crippen molar-refractivity contribution in [3.63, 3.8) is 0 Å². The highest BCUT2D eigenvalue weighted by atomic mass is 19.4. The first-order valence-electron chi connectivity index (χ1n) is 8.51. The number of hydrogen-bond donors (Lipinski definition) is 1. The molecule has 0 saturated carbocycles. The number of hydrogen-bond acceptors (Lipinski definition) is 5. The average molecular weight is 387 g/mol. The van der Waals surface area contributed by atoms with Gasteiger partial charge >= 0.3 is 6.18 Å². The van der Waals surface area contributed by atoms with Crippen molar-refractivity contribution in [3.05, 3.63) is 71.9 Å². The maximum atomic E-state index is 13.1. The van der Waals surface area contributed by atoms with Gasteiger partial charge in [-0.25, -0.2) is 4.98 Å². The Kier molecular flexibility index (Phi) is 4.46. The van der Waals surface area contributed by atoms with Crippen LogP contribution in [0.15, 0.2) is 55.1 Å². The number of benzene rings is 1. The third-order valence-electron chi connectivity index (χ3n) is 4.25. The van der Waals surface area contributed by atoms with Gasteiger partial charge in [0.1, 0.15) is 12.1 Å². The van der Waals surface area contributed by atoms with Crippen molar-refractivity contribution in [1.82, 2.24) is 29.4 Å². The quantitative estimate of drug-likeness (QED) is 0.567. The summed E-state index contributed by atoms with van der Waals surface area (Å²) in [7, 11) is 0. The number of alkyl halides is 3. The molecule has 0 aliphatic carbocycles. The molecule has 28 heavy (non-hydrogen) atoms. The molecule has 144 valence electrons. The highest BCUT2D eigenvalue weighted by Gasteiger charge is 2.34. The second-order valence-electron chi connectivity index (χ2n) is 6.32. The number of nitrogens with zero attached hydrogens (tertiary/aromatic N) is 6. The van der Waals surface area contributed by atoms with Crippen LogP contribution in [-0.4, -0.2) is 29.4 Å². The fourth-order valence-electron chi connectivity index (χ4n) is 2.83. The van der Waals surface area contributed by atoms with Crippen LogP contribution in [0, 0.1) is 0 Å². The Hall–Kier alpha value is -3.43. The molecule has 10 heteroatoms. The summed E-state index contributed by atoms with van der Waals surface area (Å²) in [6, 6.07) is 10.5. The largest absolute Gasteiger partial charge is 0.433 e. The molecule has 4 aromatic rings. The highest BCUT2D eigenvalue weighted by molar-refractivity contribution is 5.47. The van der Waals surface area contributed by atoms with Crippen LogP contribution >= 0.6 is 0 Å². The maximum Gasteiger partial charge on any atom is 0.433 e.